The van der Waals surface area contributed by atoms with Crippen molar-refractivity contribution in [2.45, 2.75) is 108 Å². The molecule has 7 rings (SSSR count). The maximum atomic E-state index is 11.6. The minimum atomic E-state index is -0.242. The van der Waals surface area contributed by atoms with Gasteiger partial charge in [0.25, 0.3) is 0 Å². The first-order chi connectivity index (χ1) is 16.0. The van der Waals surface area contributed by atoms with Crippen LogP contribution in [0.15, 0.2) is 27.6 Å². The molecule has 0 unspecified atom stereocenters. The first-order valence-corrected chi connectivity index (χ1v) is 14.0. The van der Waals surface area contributed by atoms with Gasteiger partial charge in [0.2, 0.25) is 0 Å². The lowest BCUT2D eigenvalue weighted by molar-refractivity contribution is -0.135. The largest absolute Gasteiger partial charge is 0.431 e. The molecule has 0 aromatic carbocycles. The molecule has 0 radical (unpaired) electrons. The SMILES string of the molecule is C[C@]12CC[C@H](N3CCCCC3)C[C@H]1CC[C@@H]1[C@@H]2CC[C@]2(C)[C@@H](c3ccc(=O)oc3)C[C@H]3O[C@]132. The molecular formula is C29H41NO3. The van der Waals surface area contributed by atoms with E-state index >= 15 is 0 Å². The summed E-state index contributed by atoms with van der Waals surface area (Å²) in [5, 5.41) is 0. The van der Waals surface area contributed by atoms with Gasteiger partial charge in [-0.05, 0) is 118 Å². The van der Waals surface area contributed by atoms with Crippen LogP contribution in [0.3, 0.4) is 0 Å². The molecule has 2 saturated heterocycles. The number of likely N-dealkylation sites (tertiary alicyclic amines) is 1. The maximum absolute atomic E-state index is 11.6. The fourth-order valence-corrected chi connectivity index (χ4v) is 10.4. The van der Waals surface area contributed by atoms with E-state index in [4.69, 9.17) is 9.15 Å². The Morgan fingerprint density at radius 2 is 1.79 bits per heavy atom. The van der Waals surface area contributed by atoms with Gasteiger partial charge in [-0.25, -0.2) is 4.79 Å². The molecule has 2 aliphatic heterocycles. The van der Waals surface area contributed by atoms with Crippen molar-refractivity contribution >= 4 is 0 Å². The first kappa shape index (κ1) is 21.2. The van der Waals surface area contributed by atoms with Gasteiger partial charge >= 0.3 is 5.63 Å². The van der Waals surface area contributed by atoms with Crippen molar-refractivity contribution in [3.63, 3.8) is 0 Å². The zero-order chi connectivity index (χ0) is 22.4. The van der Waals surface area contributed by atoms with E-state index in [-0.39, 0.29) is 16.6 Å². The highest BCUT2D eigenvalue weighted by Gasteiger charge is 2.80. The summed E-state index contributed by atoms with van der Waals surface area (Å²) in [5.74, 6) is 2.90. The van der Waals surface area contributed by atoms with Crippen LogP contribution in [-0.4, -0.2) is 35.7 Å². The summed E-state index contributed by atoms with van der Waals surface area (Å²) in [6, 6.07) is 4.47. The molecule has 0 bridgehead atoms. The van der Waals surface area contributed by atoms with Gasteiger partial charge in [-0.1, -0.05) is 20.3 Å². The van der Waals surface area contributed by atoms with E-state index in [9.17, 15) is 4.79 Å². The normalized spacial score (nSPS) is 51.2. The van der Waals surface area contributed by atoms with Gasteiger partial charge in [-0.2, -0.15) is 0 Å². The van der Waals surface area contributed by atoms with Crippen LogP contribution < -0.4 is 5.63 Å². The van der Waals surface area contributed by atoms with Crippen LogP contribution in [0, 0.1) is 28.6 Å². The molecule has 0 N–H and O–H groups in total. The second-order valence-electron chi connectivity index (χ2n) is 13.1. The van der Waals surface area contributed by atoms with Gasteiger partial charge in [0.1, 0.15) is 5.60 Å². The number of rotatable bonds is 2. The number of piperidine rings is 1. The molecule has 180 valence electrons. The summed E-state index contributed by atoms with van der Waals surface area (Å²) in [4.78, 5) is 14.4. The standard InChI is InChI=1S/C29H41NO3/c1-27-12-10-21(30-14-4-3-5-15-30)16-20(27)7-8-23-22(27)11-13-28(2)24(17-25-29(23,28)33-25)19-6-9-26(31)32-18-19/h6,9,18,20-25H,3-5,7-8,10-17H2,1-2H3/t20-,21+,22+,23-,24-,25-,27+,28-,29-/m1/s1. The summed E-state index contributed by atoms with van der Waals surface area (Å²) < 4.78 is 12.0. The highest BCUT2D eigenvalue weighted by Crippen LogP contribution is 2.78. The zero-order valence-electron chi connectivity index (χ0n) is 20.6. The van der Waals surface area contributed by atoms with Crippen LogP contribution in [-0.2, 0) is 4.74 Å². The van der Waals surface area contributed by atoms with Crippen molar-refractivity contribution in [1.29, 1.82) is 0 Å². The molecule has 4 saturated carbocycles. The maximum Gasteiger partial charge on any atom is 0.335 e. The topological polar surface area (TPSA) is 46.0 Å². The second-order valence-corrected chi connectivity index (χ2v) is 13.1. The van der Waals surface area contributed by atoms with Crippen molar-refractivity contribution in [3.05, 3.63) is 34.4 Å². The van der Waals surface area contributed by atoms with Crippen LogP contribution in [0.5, 0.6) is 0 Å². The first-order valence-electron chi connectivity index (χ1n) is 14.0. The third-order valence-electron chi connectivity index (χ3n) is 12.1. The molecule has 33 heavy (non-hydrogen) atoms. The highest BCUT2D eigenvalue weighted by atomic mass is 16.6. The molecule has 9 atom stereocenters. The number of hydrogen-bond acceptors (Lipinski definition) is 4. The van der Waals surface area contributed by atoms with Crippen LogP contribution in [0.4, 0.5) is 0 Å². The lowest BCUT2D eigenvalue weighted by Gasteiger charge is -2.62. The van der Waals surface area contributed by atoms with E-state index in [1.54, 1.807) is 12.3 Å². The average Bonchev–Trinajstić information content (AvgIpc) is 3.49. The van der Waals surface area contributed by atoms with E-state index in [1.165, 1.54) is 82.9 Å². The Balaban J connectivity index is 1.14. The second kappa shape index (κ2) is 7.20. The smallest absolute Gasteiger partial charge is 0.335 e. The quantitative estimate of drug-likeness (QED) is 0.537. The van der Waals surface area contributed by atoms with Crippen LogP contribution >= 0.6 is 0 Å². The molecule has 3 heterocycles. The monoisotopic (exact) mass is 451 g/mol. The zero-order valence-corrected chi connectivity index (χ0v) is 20.6. The molecule has 0 amide bonds. The Hall–Kier alpha value is -1.13. The summed E-state index contributed by atoms with van der Waals surface area (Å²) >= 11 is 0. The van der Waals surface area contributed by atoms with Crippen molar-refractivity contribution in [2.75, 3.05) is 13.1 Å². The number of epoxide rings is 1. The van der Waals surface area contributed by atoms with Crippen molar-refractivity contribution < 1.29 is 9.15 Å². The number of hydrogen-bond donors (Lipinski definition) is 0. The van der Waals surface area contributed by atoms with Gasteiger partial charge in [0.05, 0.1) is 12.4 Å². The van der Waals surface area contributed by atoms with Crippen molar-refractivity contribution in [1.82, 2.24) is 4.90 Å². The Morgan fingerprint density at radius 3 is 2.58 bits per heavy atom. The third kappa shape index (κ3) is 2.80. The molecule has 4 heteroatoms. The van der Waals surface area contributed by atoms with Crippen LogP contribution in [0.1, 0.15) is 96.0 Å². The number of fused-ring (bicyclic) bond motifs is 3. The van der Waals surface area contributed by atoms with Gasteiger partial charge < -0.3 is 14.1 Å². The van der Waals surface area contributed by atoms with Crippen LogP contribution in [0.25, 0.3) is 0 Å². The highest BCUT2D eigenvalue weighted by molar-refractivity contribution is 5.35. The van der Waals surface area contributed by atoms with Gasteiger partial charge in [0, 0.05) is 17.5 Å². The molecular weight excluding hydrogens is 410 g/mol. The Kier molecular flexibility index (Phi) is 4.62. The minimum Gasteiger partial charge on any atom is -0.431 e. The van der Waals surface area contributed by atoms with E-state index in [0.29, 0.717) is 17.4 Å². The Labute approximate surface area is 198 Å². The van der Waals surface area contributed by atoms with Crippen LogP contribution in [0.2, 0.25) is 0 Å². The minimum absolute atomic E-state index is 0.0778. The summed E-state index contributed by atoms with van der Waals surface area (Å²) in [5.41, 5.74) is 1.72. The average molecular weight is 452 g/mol. The lowest BCUT2D eigenvalue weighted by atomic mass is 9.44. The van der Waals surface area contributed by atoms with E-state index < -0.39 is 0 Å². The summed E-state index contributed by atoms with van der Waals surface area (Å²) in [6.07, 6.45) is 17.2. The summed E-state index contributed by atoms with van der Waals surface area (Å²) in [7, 11) is 0. The molecule has 1 aromatic heterocycles. The molecule has 6 aliphatic rings. The third-order valence-corrected chi connectivity index (χ3v) is 12.1. The van der Waals surface area contributed by atoms with Crippen molar-refractivity contribution in [3.8, 4) is 0 Å². The Morgan fingerprint density at radius 1 is 0.939 bits per heavy atom. The predicted octanol–water partition coefficient (Wildman–Crippen LogP) is 5.75. The fourth-order valence-electron chi connectivity index (χ4n) is 10.4. The van der Waals surface area contributed by atoms with E-state index in [2.05, 4.69) is 18.7 Å². The number of ether oxygens (including phenoxy) is 1. The summed E-state index contributed by atoms with van der Waals surface area (Å²) in [6.45, 7) is 7.87. The number of nitrogens with zero attached hydrogens (tertiary/aromatic N) is 1. The molecule has 1 spiro atoms. The lowest BCUT2D eigenvalue weighted by Crippen LogP contribution is -2.59. The van der Waals surface area contributed by atoms with E-state index in [0.717, 1.165) is 30.2 Å². The fraction of sp³-hybridized carbons (Fsp3) is 0.828. The Bertz CT molecular complexity index is 963. The molecule has 4 nitrogen and oxygen atoms in total. The van der Waals surface area contributed by atoms with Gasteiger partial charge in [0.15, 0.2) is 0 Å². The molecule has 1 aromatic rings. The van der Waals surface area contributed by atoms with E-state index in [1.807, 2.05) is 6.07 Å². The van der Waals surface area contributed by atoms with Gasteiger partial charge in [-0.3, -0.25) is 0 Å². The predicted molar refractivity (Wildman–Crippen MR) is 128 cm³/mol. The molecule has 6 fully saturated rings. The van der Waals surface area contributed by atoms with Crippen molar-refractivity contribution in [2.24, 2.45) is 28.6 Å². The molecule has 4 aliphatic carbocycles. The van der Waals surface area contributed by atoms with Gasteiger partial charge in [-0.15, -0.1) is 0 Å².